The van der Waals surface area contributed by atoms with Crippen molar-refractivity contribution in [2.24, 2.45) is 0 Å². The Morgan fingerprint density at radius 3 is 3.11 bits per heavy atom. The fraction of sp³-hybridized carbons (Fsp3) is 0.200. The maximum Gasteiger partial charge on any atom is 0.128 e. The Hall–Kier alpha value is -0.820. The molecule has 1 heterocycles. The number of nitriles is 1. The van der Waals surface area contributed by atoms with Crippen molar-refractivity contribution in [3.63, 3.8) is 0 Å². The van der Waals surface area contributed by atoms with Gasteiger partial charge in [-0.2, -0.15) is 10.4 Å². The van der Waals surface area contributed by atoms with Gasteiger partial charge in [0.2, 0.25) is 0 Å². The third-order valence-corrected chi connectivity index (χ3v) is 1.26. The standard InChI is InChI=1S/C5H4BrN3/c6-5-1-3-9(8-5)4-2-7/h1,3H,4H2. The fourth-order valence-electron chi connectivity index (χ4n) is 0.497. The zero-order valence-electron chi connectivity index (χ0n) is 4.58. The Bertz CT molecular complexity index is 235. The average Bonchev–Trinajstić information content (AvgIpc) is 2.17. The summed E-state index contributed by atoms with van der Waals surface area (Å²) in [5, 5.41) is 12.1. The maximum absolute atomic E-state index is 8.20. The van der Waals surface area contributed by atoms with Gasteiger partial charge in [0.05, 0.1) is 6.07 Å². The zero-order valence-corrected chi connectivity index (χ0v) is 6.17. The van der Waals surface area contributed by atoms with Crippen LogP contribution in [0.3, 0.4) is 0 Å². The van der Waals surface area contributed by atoms with Gasteiger partial charge in [-0.05, 0) is 22.0 Å². The van der Waals surface area contributed by atoms with E-state index >= 15 is 0 Å². The Labute approximate surface area is 61.0 Å². The lowest BCUT2D eigenvalue weighted by Crippen LogP contribution is -1.94. The van der Waals surface area contributed by atoms with Gasteiger partial charge < -0.3 is 0 Å². The lowest BCUT2D eigenvalue weighted by molar-refractivity contribution is 0.704. The predicted octanol–water partition coefficient (Wildman–Crippen LogP) is 1.17. The quantitative estimate of drug-likeness (QED) is 0.660. The minimum absolute atomic E-state index is 0.311. The van der Waals surface area contributed by atoms with Crippen molar-refractivity contribution in [3.05, 3.63) is 16.9 Å². The highest BCUT2D eigenvalue weighted by molar-refractivity contribution is 9.10. The molecule has 0 atom stereocenters. The number of aromatic nitrogens is 2. The molecule has 1 aromatic heterocycles. The van der Waals surface area contributed by atoms with Gasteiger partial charge in [-0.1, -0.05) is 0 Å². The molecule has 0 unspecified atom stereocenters. The summed E-state index contributed by atoms with van der Waals surface area (Å²) in [6.45, 7) is 0.311. The van der Waals surface area contributed by atoms with E-state index in [0.717, 1.165) is 4.60 Å². The van der Waals surface area contributed by atoms with Gasteiger partial charge >= 0.3 is 0 Å². The minimum atomic E-state index is 0.311. The highest BCUT2D eigenvalue weighted by Gasteiger charge is 1.90. The molecular weight excluding hydrogens is 182 g/mol. The van der Waals surface area contributed by atoms with Gasteiger partial charge in [0.15, 0.2) is 0 Å². The molecule has 9 heavy (non-hydrogen) atoms. The van der Waals surface area contributed by atoms with Crippen LogP contribution in [0.1, 0.15) is 0 Å². The van der Waals surface area contributed by atoms with E-state index in [0.29, 0.717) is 6.54 Å². The number of rotatable bonds is 1. The molecule has 0 aliphatic carbocycles. The molecule has 1 aromatic rings. The number of nitrogens with zero attached hydrogens (tertiary/aromatic N) is 3. The summed E-state index contributed by atoms with van der Waals surface area (Å²) < 4.78 is 2.32. The summed E-state index contributed by atoms with van der Waals surface area (Å²) in [6, 6.07) is 3.77. The van der Waals surface area contributed by atoms with Crippen LogP contribution < -0.4 is 0 Å². The van der Waals surface area contributed by atoms with Crippen LogP contribution in [0.5, 0.6) is 0 Å². The summed E-state index contributed by atoms with van der Waals surface area (Å²) in [5.74, 6) is 0. The summed E-state index contributed by atoms with van der Waals surface area (Å²) in [5.41, 5.74) is 0. The van der Waals surface area contributed by atoms with Gasteiger partial charge in [0.1, 0.15) is 11.1 Å². The topological polar surface area (TPSA) is 41.6 Å². The van der Waals surface area contributed by atoms with Gasteiger partial charge in [0.25, 0.3) is 0 Å². The summed E-state index contributed by atoms with van der Waals surface area (Å²) in [4.78, 5) is 0. The molecule has 3 nitrogen and oxygen atoms in total. The molecule has 4 heteroatoms. The monoisotopic (exact) mass is 185 g/mol. The Morgan fingerprint density at radius 2 is 2.67 bits per heavy atom. The van der Waals surface area contributed by atoms with Gasteiger partial charge in [0, 0.05) is 6.20 Å². The SMILES string of the molecule is N#CCn1ccc(Br)n1. The molecule has 46 valence electrons. The normalized spacial score (nSPS) is 8.89. The van der Waals surface area contributed by atoms with E-state index in [1.807, 2.05) is 6.07 Å². The molecule has 0 aromatic carbocycles. The van der Waals surface area contributed by atoms with Crippen LogP contribution >= 0.6 is 15.9 Å². The van der Waals surface area contributed by atoms with Crippen LogP contribution in [0.4, 0.5) is 0 Å². The first kappa shape index (κ1) is 6.30. The molecule has 0 saturated carbocycles. The molecule has 0 N–H and O–H groups in total. The summed E-state index contributed by atoms with van der Waals surface area (Å²) >= 11 is 3.16. The third-order valence-electron chi connectivity index (χ3n) is 0.841. The van der Waals surface area contributed by atoms with Gasteiger partial charge in [-0.15, -0.1) is 0 Å². The number of hydrogen-bond donors (Lipinski definition) is 0. The molecular formula is C5H4BrN3. The number of hydrogen-bond acceptors (Lipinski definition) is 2. The van der Waals surface area contributed by atoms with Crippen LogP contribution in [0.25, 0.3) is 0 Å². The lowest BCUT2D eigenvalue weighted by Gasteiger charge is -1.86. The zero-order chi connectivity index (χ0) is 6.69. The predicted molar refractivity (Wildman–Crippen MR) is 35.5 cm³/mol. The molecule has 0 saturated heterocycles. The molecule has 0 fully saturated rings. The largest absolute Gasteiger partial charge is 0.257 e. The molecule has 0 aliphatic rings. The minimum Gasteiger partial charge on any atom is -0.257 e. The second-order valence-corrected chi connectivity index (χ2v) is 2.31. The van der Waals surface area contributed by atoms with Crippen molar-refractivity contribution in [3.8, 4) is 6.07 Å². The second kappa shape index (κ2) is 2.65. The molecule has 0 bridgehead atoms. The van der Waals surface area contributed by atoms with Crippen molar-refractivity contribution >= 4 is 15.9 Å². The maximum atomic E-state index is 8.20. The van der Waals surface area contributed by atoms with Crippen LogP contribution in [-0.2, 0) is 6.54 Å². The van der Waals surface area contributed by atoms with E-state index in [9.17, 15) is 0 Å². The number of halogens is 1. The van der Waals surface area contributed by atoms with E-state index in [4.69, 9.17) is 5.26 Å². The molecule has 0 radical (unpaired) electrons. The highest BCUT2D eigenvalue weighted by Crippen LogP contribution is 2.02. The Balaban J connectivity index is 2.76. The smallest absolute Gasteiger partial charge is 0.128 e. The molecule has 1 rings (SSSR count). The van der Waals surface area contributed by atoms with Crippen LogP contribution in [0.2, 0.25) is 0 Å². The average molecular weight is 186 g/mol. The van der Waals surface area contributed by atoms with Crippen molar-refractivity contribution in [1.82, 2.24) is 9.78 Å². The molecule has 0 spiro atoms. The van der Waals surface area contributed by atoms with Gasteiger partial charge in [-0.25, -0.2) is 0 Å². The molecule has 0 aliphatic heterocycles. The fourth-order valence-corrected chi connectivity index (χ4v) is 0.819. The Morgan fingerprint density at radius 1 is 1.89 bits per heavy atom. The summed E-state index contributed by atoms with van der Waals surface area (Å²) in [7, 11) is 0. The van der Waals surface area contributed by atoms with Crippen molar-refractivity contribution in [1.29, 1.82) is 5.26 Å². The van der Waals surface area contributed by atoms with Gasteiger partial charge in [-0.3, -0.25) is 4.68 Å². The van der Waals surface area contributed by atoms with E-state index < -0.39 is 0 Å². The van der Waals surface area contributed by atoms with E-state index in [1.165, 1.54) is 0 Å². The Kier molecular flexibility index (Phi) is 1.85. The van der Waals surface area contributed by atoms with Crippen molar-refractivity contribution in [2.75, 3.05) is 0 Å². The van der Waals surface area contributed by atoms with Crippen LogP contribution in [0.15, 0.2) is 16.9 Å². The van der Waals surface area contributed by atoms with Crippen molar-refractivity contribution < 1.29 is 0 Å². The van der Waals surface area contributed by atoms with Crippen LogP contribution in [0, 0.1) is 11.3 Å². The van der Waals surface area contributed by atoms with Crippen molar-refractivity contribution in [2.45, 2.75) is 6.54 Å². The first-order valence-electron chi connectivity index (χ1n) is 2.39. The molecule has 0 amide bonds. The third kappa shape index (κ3) is 1.54. The van der Waals surface area contributed by atoms with E-state index in [1.54, 1.807) is 16.9 Å². The van der Waals surface area contributed by atoms with E-state index in [2.05, 4.69) is 21.0 Å². The highest BCUT2D eigenvalue weighted by atomic mass is 79.9. The first-order chi connectivity index (χ1) is 4.33. The lowest BCUT2D eigenvalue weighted by atomic mass is 10.7. The first-order valence-corrected chi connectivity index (χ1v) is 3.18. The second-order valence-electron chi connectivity index (χ2n) is 1.49. The summed E-state index contributed by atoms with van der Waals surface area (Å²) in [6.07, 6.45) is 1.74. The van der Waals surface area contributed by atoms with Crippen LogP contribution in [-0.4, -0.2) is 9.78 Å². The van der Waals surface area contributed by atoms with E-state index in [-0.39, 0.29) is 0 Å².